The molecule has 128 valence electrons. The van der Waals surface area contributed by atoms with Gasteiger partial charge in [0.25, 0.3) is 5.91 Å². The van der Waals surface area contributed by atoms with E-state index in [0.717, 1.165) is 19.5 Å². The van der Waals surface area contributed by atoms with E-state index in [1.165, 1.54) is 20.9 Å². The third-order valence-electron chi connectivity index (χ3n) is 5.22. The summed E-state index contributed by atoms with van der Waals surface area (Å²) in [6.07, 6.45) is 1.20. The summed E-state index contributed by atoms with van der Waals surface area (Å²) in [6.45, 7) is 1.67. The van der Waals surface area contributed by atoms with E-state index >= 15 is 0 Å². The highest BCUT2D eigenvalue weighted by Crippen LogP contribution is 2.31. The SMILES string of the molecule is COc1ccccc1N1C(=O)CC([NH+]2CCc3ccccc3C2)C1=O. The third kappa shape index (κ3) is 2.70. The van der Waals surface area contributed by atoms with Gasteiger partial charge in [0.1, 0.15) is 12.3 Å². The fraction of sp³-hybridized carbons (Fsp3) is 0.300. The number of ether oxygens (including phenoxy) is 1. The molecule has 2 amide bonds. The van der Waals surface area contributed by atoms with Gasteiger partial charge in [-0.1, -0.05) is 36.4 Å². The number of para-hydroxylation sites is 2. The predicted octanol–water partition coefficient (Wildman–Crippen LogP) is 0.968. The summed E-state index contributed by atoms with van der Waals surface area (Å²) < 4.78 is 5.33. The lowest BCUT2D eigenvalue weighted by atomic mass is 9.98. The van der Waals surface area contributed by atoms with Crippen molar-refractivity contribution in [1.82, 2.24) is 0 Å². The molecule has 25 heavy (non-hydrogen) atoms. The number of fused-ring (bicyclic) bond motifs is 1. The van der Waals surface area contributed by atoms with Crippen LogP contribution >= 0.6 is 0 Å². The van der Waals surface area contributed by atoms with Crippen LogP contribution in [0, 0.1) is 0 Å². The maximum atomic E-state index is 13.0. The van der Waals surface area contributed by atoms with Gasteiger partial charge < -0.3 is 9.64 Å². The normalized spacial score (nSPS) is 22.8. The van der Waals surface area contributed by atoms with Gasteiger partial charge >= 0.3 is 0 Å². The standard InChI is InChI=1S/C20H20N2O3/c1-25-18-9-5-4-8-16(18)22-19(23)12-17(20(22)24)21-11-10-14-6-2-3-7-15(14)13-21/h2-9,17H,10-13H2,1H3/p+1. The lowest BCUT2D eigenvalue weighted by Gasteiger charge is -2.29. The Morgan fingerprint density at radius 3 is 2.56 bits per heavy atom. The number of quaternary nitrogens is 1. The minimum absolute atomic E-state index is 0.121. The van der Waals surface area contributed by atoms with Crippen LogP contribution in [-0.4, -0.2) is 31.5 Å². The molecule has 4 rings (SSSR count). The number of hydrogen-bond donors (Lipinski definition) is 1. The fourth-order valence-electron chi connectivity index (χ4n) is 3.92. The lowest BCUT2D eigenvalue weighted by Crippen LogP contribution is -3.16. The molecule has 1 fully saturated rings. The molecule has 2 aliphatic rings. The second kappa shape index (κ2) is 6.33. The maximum absolute atomic E-state index is 13.0. The Balaban J connectivity index is 1.60. The second-order valence-corrected chi connectivity index (χ2v) is 6.60. The Labute approximate surface area is 146 Å². The predicted molar refractivity (Wildman–Crippen MR) is 93.6 cm³/mol. The number of carbonyl (C=O) groups excluding carboxylic acids is 2. The van der Waals surface area contributed by atoms with Crippen LogP contribution in [0.2, 0.25) is 0 Å². The highest BCUT2D eigenvalue weighted by molar-refractivity contribution is 6.22. The second-order valence-electron chi connectivity index (χ2n) is 6.60. The molecule has 0 saturated carbocycles. The molecule has 2 heterocycles. The van der Waals surface area contributed by atoms with E-state index < -0.39 is 0 Å². The van der Waals surface area contributed by atoms with Gasteiger partial charge in [-0.3, -0.25) is 9.59 Å². The number of amides is 2. The van der Waals surface area contributed by atoms with Crippen molar-refractivity contribution in [3.63, 3.8) is 0 Å². The lowest BCUT2D eigenvalue weighted by molar-refractivity contribution is -0.930. The van der Waals surface area contributed by atoms with Gasteiger partial charge in [-0.25, -0.2) is 4.90 Å². The van der Waals surface area contributed by atoms with E-state index in [0.29, 0.717) is 11.4 Å². The number of benzene rings is 2. The van der Waals surface area contributed by atoms with Crippen molar-refractivity contribution in [1.29, 1.82) is 0 Å². The van der Waals surface area contributed by atoms with Gasteiger partial charge in [-0.05, 0) is 17.7 Å². The molecular weight excluding hydrogens is 316 g/mol. The fourth-order valence-corrected chi connectivity index (χ4v) is 3.92. The van der Waals surface area contributed by atoms with Crippen LogP contribution in [0.4, 0.5) is 5.69 Å². The molecule has 0 radical (unpaired) electrons. The van der Waals surface area contributed by atoms with E-state index in [2.05, 4.69) is 18.2 Å². The van der Waals surface area contributed by atoms with Crippen molar-refractivity contribution in [3.8, 4) is 5.75 Å². The summed E-state index contributed by atoms with van der Waals surface area (Å²) >= 11 is 0. The van der Waals surface area contributed by atoms with Crippen molar-refractivity contribution in [3.05, 3.63) is 59.7 Å². The average molecular weight is 337 g/mol. The topological polar surface area (TPSA) is 51.0 Å². The highest BCUT2D eigenvalue weighted by Gasteiger charge is 2.47. The monoisotopic (exact) mass is 337 g/mol. The van der Waals surface area contributed by atoms with E-state index in [-0.39, 0.29) is 24.3 Å². The zero-order valence-electron chi connectivity index (χ0n) is 14.2. The molecule has 0 spiro atoms. The van der Waals surface area contributed by atoms with Crippen LogP contribution in [-0.2, 0) is 22.6 Å². The Morgan fingerprint density at radius 2 is 1.76 bits per heavy atom. The smallest absolute Gasteiger partial charge is 0.292 e. The Kier molecular flexibility index (Phi) is 4.01. The van der Waals surface area contributed by atoms with Crippen LogP contribution in [0.25, 0.3) is 0 Å². The van der Waals surface area contributed by atoms with Gasteiger partial charge in [0.15, 0.2) is 6.04 Å². The van der Waals surface area contributed by atoms with Crippen molar-refractivity contribution >= 4 is 17.5 Å². The quantitative estimate of drug-likeness (QED) is 0.849. The summed E-state index contributed by atoms with van der Waals surface area (Å²) in [5.74, 6) is 0.276. The summed E-state index contributed by atoms with van der Waals surface area (Å²) in [4.78, 5) is 28.1. The van der Waals surface area contributed by atoms with Crippen LogP contribution in [0.1, 0.15) is 17.5 Å². The minimum atomic E-state index is -0.314. The molecule has 5 nitrogen and oxygen atoms in total. The largest absolute Gasteiger partial charge is 0.495 e. The van der Waals surface area contributed by atoms with Crippen LogP contribution in [0.5, 0.6) is 5.75 Å². The molecule has 1 N–H and O–H groups in total. The number of imide groups is 1. The molecule has 2 atom stereocenters. The van der Waals surface area contributed by atoms with Crippen molar-refractivity contribution < 1.29 is 19.2 Å². The average Bonchev–Trinajstić information content (AvgIpc) is 2.95. The zero-order chi connectivity index (χ0) is 17.4. The van der Waals surface area contributed by atoms with Crippen molar-refractivity contribution in [2.45, 2.75) is 25.4 Å². The number of carbonyl (C=O) groups is 2. The Bertz CT molecular complexity index is 833. The number of hydrogen-bond acceptors (Lipinski definition) is 3. The number of methoxy groups -OCH3 is 1. The van der Waals surface area contributed by atoms with Crippen LogP contribution in [0.15, 0.2) is 48.5 Å². The number of nitrogens with one attached hydrogen (secondary N) is 1. The first-order valence-electron chi connectivity index (χ1n) is 8.60. The molecule has 0 bridgehead atoms. The van der Waals surface area contributed by atoms with Crippen molar-refractivity contribution in [2.75, 3.05) is 18.6 Å². The van der Waals surface area contributed by atoms with E-state index in [4.69, 9.17) is 4.74 Å². The molecule has 2 aromatic carbocycles. The molecule has 2 aromatic rings. The van der Waals surface area contributed by atoms with E-state index in [1.54, 1.807) is 19.2 Å². The summed E-state index contributed by atoms with van der Waals surface area (Å²) in [5, 5.41) is 0. The van der Waals surface area contributed by atoms with Crippen molar-refractivity contribution in [2.24, 2.45) is 0 Å². The summed E-state index contributed by atoms with van der Waals surface area (Å²) in [7, 11) is 1.55. The van der Waals surface area contributed by atoms with Gasteiger partial charge in [0.2, 0.25) is 5.91 Å². The van der Waals surface area contributed by atoms with Gasteiger partial charge in [-0.15, -0.1) is 0 Å². The molecule has 1 saturated heterocycles. The molecule has 0 aromatic heterocycles. The zero-order valence-corrected chi connectivity index (χ0v) is 14.2. The molecule has 5 heteroatoms. The van der Waals surface area contributed by atoms with Crippen LogP contribution < -0.4 is 14.5 Å². The number of anilines is 1. The Hall–Kier alpha value is -2.66. The van der Waals surface area contributed by atoms with E-state index in [1.807, 2.05) is 18.2 Å². The first-order valence-corrected chi connectivity index (χ1v) is 8.60. The van der Waals surface area contributed by atoms with Crippen LogP contribution in [0.3, 0.4) is 0 Å². The Morgan fingerprint density at radius 1 is 1.04 bits per heavy atom. The number of nitrogens with zero attached hydrogens (tertiary/aromatic N) is 1. The number of rotatable bonds is 3. The van der Waals surface area contributed by atoms with Gasteiger partial charge in [0, 0.05) is 12.0 Å². The highest BCUT2D eigenvalue weighted by atomic mass is 16.5. The minimum Gasteiger partial charge on any atom is -0.495 e. The molecular formula is C20H21N2O3+. The summed E-state index contributed by atoms with van der Waals surface area (Å²) in [5.41, 5.74) is 3.17. The molecule has 0 aliphatic carbocycles. The van der Waals surface area contributed by atoms with E-state index in [9.17, 15) is 9.59 Å². The van der Waals surface area contributed by atoms with Gasteiger partial charge in [0.05, 0.1) is 25.8 Å². The first kappa shape index (κ1) is 15.8. The third-order valence-corrected chi connectivity index (χ3v) is 5.22. The van der Waals surface area contributed by atoms with Gasteiger partial charge in [-0.2, -0.15) is 0 Å². The molecule has 2 aliphatic heterocycles. The summed E-state index contributed by atoms with van der Waals surface area (Å²) in [6, 6.07) is 15.2. The maximum Gasteiger partial charge on any atom is 0.292 e. The first-order chi connectivity index (χ1) is 12.2. The molecule has 2 unspecified atom stereocenters.